The number of hydrogen-bond donors (Lipinski definition) is 7. The maximum Gasteiger partial charge on any atom is 0.225 e. The number of benzene rings is 1. The number of aryl methyl sites for hydroxylation is 1. The van der Waals surface area contributed by atoms with Crippen LogP contribution in [0.4, 0.5) is 5.95 Å². The summed E-state index contributed by atoms with van der Waals surface area (Å²) in [5.41, 5.74) is 1.21. The molecule has 7 N–H and O–H groups in total. The lowest BCUT2D eigenvalue weighted by Crippen LogP contribution is -2.70. The molecule has 14 heteroatoms. The summed E-state index contributed by atoms with van der Waals surface area (Å²) in [4.78, 5) is 6.56. The van der Waals surface area contributed by atoms with Gasteiger partial charge < -0.3 is 55.1 Å². The number of piperidine rings is 1. The number of hydrogen-bond acceptors (Lipinski definition) is 13. The zero-order valence-corrected chi connectivity index (χ0v) is 22.2. The molecule has 4 aliphatic heterocycles. The molecule has 2 bridgehead atoms. The van der Waals surface area contributed by atoms with E-state index in [1.54, 1.807) is 6.07 Å². The van der Waals surface area contributed by atoms with E-state index in [2.05, 4.69) is 27.3 Å². The Bertz CT molecular complexity index is 1440. The van der Waals surface area contributed by atoms with Gasteiger partial charge in [0.05, 0.1) is 5.41 Å². The molecular formula is C27H33N5O9. The van der Waals surface area contributed by atoms with Crippen LogP contribution in [0.15, 0.2) is 24.3 Å². The van der Waals surface area contributed by atoms with Crippen LogP contribution in [-0.2, 0) is 27.9 Å². The smallest absolute Gasteiger partial charge is 0.225 e. The van der Waals surface area contributed by atoms with E-state index in [0.717, 1.165) is 24.1 Å². The predicted molar refractivity (Wildman–Crippen MR) is 138 cm³/mol. The summed E-state index contributed by atoms with van der Waals surface area (Å²) in [6, 6.07) is 3.65. The quantitative estimate of drug-likeness (QED) is 0.165. The van der Waals surface area contributed by atoms with Gasteiger partial charge in [0.15, 0.2) is 35.8 Å². The molecule has 2 unspecified atom stereocenters. The maximum absolute atomic E-state index is 12.1. The van der Waals surface area contributed by atoms with Crippen LogP contribution in [0, 0.1) is 5.92 Å². The number of aromatic hydroxyl groups is 1. The average molecular weight is 572 g/mol. The normalized spacial score (nSPS) is 44.1. The summed E-state index contributed by atoms with van der Waals surface area (Å²) >= 11 is 0. The number of nitrogens with one attached hydrogen (secondary N) is 1. The molecule has 6 aliphatic rings. The van der Waals surface area contributed by atoms with E-state index in [0.29, 0.717) is 25.1 Å². The van der Waals surface area contributed by atoms with Crippen LogP contribution < -0.4 is 10.1 Å². The van der Waals surface area contributed by atoms with Gasteiger partial charge in [-0.1, -0.05) is 12.1 Å². The summed E-state index contributed by atoms with van der Waals surface area (Å²) in [6.07, 6.45) is -4.51. The number of ether oxygens (including phenoxy) is 3. The Balaban J connectivity index is 1.11. The number of phenols is 1. The van der Waals surface area contributed by atoms with Gasteiger partial charge in [0, 0.05) is 30.5 Å². The molecule has 0 radical (unpaired) electrons. The molecule has 2 aliphatic carbocycles. The first-order valence-corrected chi connectivity index (χ1v) is 14.0. The van der Waals surface area contributed by atoms with Gasteiger partial charge in [-0.25, -0.2) is 4.68 Å². The van der Waals surface area contributed by atoms with Crippen LogP contribution in [0.1, 0.15) is 35.9 Å². The van der Waals surface area contributed by atoms with Crippen LogP contribution in [0.5, 0.6) is 11.5 Å². The molecule has 14 nitrogen and oxygen atoms in total. The van der Waals surface area contributed by atoms with Gasteiger partial charge in [-0.3, -0.25) is 0 Å². The summed E-state index contributed by atoms with van der Waals surface area (Å²) in [5, 5.41) is 72.9. The molecule has 2 saturated heterocycles. The second-order valence-corrected chi connectivity index (χ2v) is 12.1. The van der Waals surface area contributed by atoms with Crippen molar-refractivity contribution < 1.29 is 44.8 Å². The van der Waals surface area contributed by atoms with Gasteiger partial charge in [0.2, 0.25) is 11.7 Å². The molecule has 220 valence electrons. The second kappa shape index (κ2) is 8.61. The molecular weight excluding hydrogens is 538 g/mol. The number of anilines is 1. The number of likely N-dealkylation sites (tertiary alicyclic amines) is 1. The van der Waals surface area contributed by atoms with Crippen molar-refractivity contribution in [2.75, 3.05) is 18.9 Å². The number of aliphatic hydroxyl groups is 5. The van der Waals surface area contributed by atoms with E-state index in [1.807, 2.05) is 12.1 Å². The Morgan fingerprint density at radius 2 is 1.98 bits per heavy atom. The molecule has 11 atom stereocenters. The zero-order valence-electron chi connectivity index (χ0n) is 22.2. The van der Waals surface area contributed by atoms with Crippen molar-refractivity contribution >= 4 is 5.95 Å². The highest BCUT2D eigenvalue weighted by Gasteiger charge is 2.69. The minimum absolute atomic E-state index is 0.0146. The van der Waals surface area contributed by atoms with E-state index < -0.39 is 54.2 Å². The molecule has 5 heterocycles. The minimum atomic E-state index is -2.13. The fraction of sp³-hybridized carbons (Fsp3) is 0.630. The third kappa shape index (κ3) is 3.41. The number of likely N-dealkylation sites (N-methyl/N-ethyl adjacent to an activating group) is 1. The third-order valence-corrected chi connectivity index (χ3v) is 9.93. The molecule has 1 aromatic heterocycles. The minimum Gasteiger partial charge on any atom is -0.504 e. The summed E-state index contributed by atoms with van der Waals surface area (Å²) in [7, 11) is 2.08. The lowest BCUT2D eigenvalue weighted by Gasteiger charge is -2.58. The van der Waals surface area contributed by atoms with E-state index in [4.69, 9.17) is 14.2 Å². The van der Waals surface area contributed by atoms with Crippen LogP contribution in [0.25, 0.3) is 0 Å². The molecule has 41 heavy (non-hydrogen) atoms. The molecule has 2 fully saturated rings. The number of aliphatic hydroxyl groups excluding tert-OH is 4. The Morgan fingerprint density at radius 1 is 1.15 bits per heavy atom. The Labute approximate surface area is 234 Å². The summed E-state index contributed by atoms with van der Waals surface area (Å²) in [5.74, 6) is -1.57. The van der Waals surface area contributed by atoms with Crippen LogP contribution in [0.2, 0.25) is 0 Å². The lowest BCUT2D eigenvalue weighted by atomic mass is 9.52. The highest BCUT2D eigenvalue weighted by Crippen LogP contribution is 2.64. The first kappa shape index (κ1) is 25.9. The molecule has 1 spiro atoms. The predicted octanol–water partition coefficient (Wildman–Crippen LogP) is -1.55. The lowest BCUT2D eigenvalue weighted by molar-refractivity contribution is -0.351. The van der Waals surface area contributed by atoms with Crippen LogP contribution in [0.3, 0.4) is 0 Å². The zero-order chi connectivity index (χ0) is 28.4. The Hall–Kier alpha value is -2.82. The Kier molecular flexibility index (Phi) is 5.43. The fourth-order valence-corrected chi connectivity index (χ4v) is 7.99. The van der Waals surface area contributed by atoms with Crippen molar-refractivity contribution in [1.82, 2.24) is 19.7 Å². The maximum atomic E-state index is 12.1. The SMILES string of the molecule is CN1CC[C@]23c4c5ccc(O)c4O[C@H]2[C@](O)(O[C@@H]2[C@@H](O)[C@H](O)C(c4nc6n(n4)CCC(O)N6)O[C@H]2O)C=C[C@H]3[C@H]1C5. The number of phenolic OH excluding ortho intramolecular Hbond substituents is 1. The molecule has 0 amide bonds. The first-order chi connectivity index (χ1) is 19.6. The molecule has 2 aromatic rings. The Morgan fingerprint density at radius 3 is 2.80 bits per heavy atom. The van der Waals surface area contributed by atoms with Gasteiger partial charge in [0.1, 0.15) is 24.5 Å². The second-order valence-electron chi connectivity index (χ2n) is 12.1. The highest BCUT2D eigenvalue weighted by atomic mass is 16.7. The number of aromatic nitrogens is 3. The van der Waals surface area contributed by atoms with Gasteiger partial charge in [-0.05, 0) is 44.1 Å². The van der Waals surface area contributed by atoms with Gasteiger partial charge in [-0.15, -0.1) is 0 Å². The largest absolute Gasteiger partial charge is 0.504 e. The van der Waals surface area contributed by atoms with E-state index in [-0.39, 0.29) is 29.5 Å². The van der Waals surface area contributed by atoms with Crippen LogP contribution in [-0.4, -0.2) is 113 Å². The van der Waals surface area contributed by atoms with Crippen molar-refractivity contribution in [1.29, 1.82) is 0 Å². The molecule has 0 saturated carbocycles. The van der Waals surface area contributed by atoms with E-state index in [9.17, 15) is 30.6 Å². The van der Waals surface area contributed by atoms with Gasteiger partial charge in [-0.2, -0.15) is 10.1 Å². The highest BCUT2D eigenvalue weighted by molar-refractivity contribution is 5.62. The average Bonchev–Trinajstić information content (AvgIpc) is 3.53. The van der Waals surface area contributed by atoms with Gasteiger partial charge in [0.25, 0.3) is 0 Å². The summed E-state index contributed by atoms with van der Waals surface area (Å²) in [6.45, 7) is 1.13. The number of nitrogens with zero attached hydrogens (tertiary/aromatic N) is 4. The van der Waals surface area contributed by atoms with Gasteiger partial charge >= 0.3 is 0 Å². The van der Waals surface area contributed by atoms with Crippen molar-refractivity contribution in [2.45, 2.75) is 86.1 Å². The van der Waals surface area contributed by atoms with Crippen molar-refractivity contribution in [3.63, 3.8) is 0 Å². The molecule has 8 rings (SSSR count). The van der Waals surface area contributed by atoms with Crippen molar-refractivity contribution in [2.24, 2.45) is 5.92 Å². The van der Waals surface area contributed by atoms with E-state index in [1.165, 1.54) is 10.8 Å². The molecule has 1 aromatic carbocycles. The standard InChI is InChI=1S/C27H33N5O9/c1-31-9-7-26-12-4-6-27(38,24(26)40-19-14(33)3-2-11(16(19)26)10-13(12)31)41-21-18(36)17(35)20(39-23(21)37)22-29-25-28-15(34)5-8-32(25)30-22/h2-4,6,12-13,15,17-18,20-21,23-24,33-38H,5,7-10H2,1H3,(H,28,29,30)/t12-,13+,15?,17-,18-,20?,21+,23+,24+,26-,27+/m0/s1. The van der Waals surface area contributed by atoms with E-state index >= 15 is 0 Å². The number of rotatable bonds is 3. The van der Waals surface area contributed by atoms with Crippen LogP contribution >= 0.6 is 0 Å². The van der Waals surface area contributed by atoms with Crippen molar-refractivity contribution in [3.05, 3.63) is 41.2 Å². The third-order valence-electron chi connectivity index (χ3n) is 9.93. The fourth-order valence-electron chi connectivity index (χ4n) is 7.99. The monoisotopic (exact) mass is 571 g/mol. The topological polar surface area (TPSA) is 195 Å². The van der Waals surface area contributed by atoms with Crippen molar-refractivity contribution in [3.8, 4) is 11.5 Å². The number of fused-ring (bicyclic) bond motifs is 1. The summed E-state index contributed by atoms with van der Waals surface area (Å²) < 4.78 is 19.6. The first-order valence-electron chi connectivity index (χ1n) is 14.0.